The molecule has 0 unspecified atom stereocenters. The Bertz CT molecular complexity index is 856. The molecule has 1 saturated heterocycles. The Morgan fingerprint density at radius 2 is 1.84 bits per heavy atom. The quantitative estimate of drug-likeness (QED) is 0.644. The van der Waals surface area contributed by atoms with E-state index in [0.29, 0.717) is 5.69 Å². The van der Waals surface area contributed by atoms with Gasteiger partial charge in [-0.05, 0) is 28.1 Å². The summed E-state index contributed by atoms with van der Waals surface area (Å²) in [6.45, 7) is 3.99. The molecule has 0 aliphatic carbocycles. The van der Waals surface area contributed by atoms with Crippen molar-refractivity contribution in [3.05, 3.63) is 58.0 Å². The van der Waals surface area contributed by atoms with Gasteiger partial charge in [-0.3, -0.25) is 4.68 Å². The summed E-state index contributed by atoms with van der Waals surface area (Å²) in [6.07, 6.45) is 5.65. The van der Waals surface area contributed by atoms with Gasteiger partial charge < -0.3 is 9.80 Å². The van der Waals surface area contributed by atoms with E-state index in [1.807, 2.05) is 29.2 Å². The van der Waals surface area contributed by atoms with E-state index < -0.39 is 0 Å². The number of hydrogen-bond donors (Lipinski definition) is 0. The highest BCUT2D eigenvalue weighted by molar-refractivity contribution is 9.10. The summed E-state index contributed by atoms with van der Waals surface area (Å²) in [5, 5.41) is 5.30. The number of nitrogens with zero attached hydrogens (tertiary/aromatic N) is 5. The fourth-order valence-corrected chi connectivity index (χ4v) is 4.23. The molecule has 0 N–H and O–H groups in total. The van der Waals surface area contributed by atoms with Crippen molar-refractivity contribution in [2.45, 2.75) is 6.54 Å². The minimum atomic E-state index is -0.155. The number of hydrogen-bond acceptors (Lipinski definition) is 5. The Balaban J connectivity index is 1.39. The van der Waals surface area contributed by atoms with Crippen molar-refractivity contribution in [1.29, 1.82) is 0 Å². The number of halogens is 2. The van der Waals surface area contributed by atoms with Gasteiger partial charge >= 0.3 is 0 Å². The Hall–Kier alpha value is -1.93. The highest BCUT2D eigenvalue weighted by Gasteiger charge is 2.21. The SMILES string of the molecule is Fc1ccccc1N1CCN(c2ncc(Cn3cc(Br)cn3)s2)CC1. The van der Waals surface area contributed by atoms with Gasteiger partial charge in [0.1, 0.15) is 5.82 Å². The van der Waals surface area contributed by atoms with E-state index in [4.69, 9.17) is 0 Å². The van der Waals surface area contributed by atoms with Crippen molar-refractivity contribution in [3.63, 3.8) is 0 Å². The molecule has 5 nitrogen and oxygen atoms in total. The minimum Gasteiger partial charge on any atom is -0.366 e. The monoisotopic (exact) mass is 421 g/mol. The summed E-state index contributed by atoms with van der Waals surface area (Å²) in [6, 6.07) is 6.97. The maximum Gasteiger partial charge on any atom is 0.185 e. The summed E-state index contributed by atoms with van der Waals surface area (Å²) in [4.78, 5) is 10.1. The Labute approximate surface area is 157 Å². The molecule has 0 atom stereocenters. The van der Waals surface area contributed by atoms with Gasteiger partial charge in [0.2, 0.25) is 0 Å². The van der Waals surface area contributed by atoms with Gasteiger partial charge in [-0.25, -0.2) is 9.37 Å². The zero-order chi connectivity index (χ0) is 17.2. The molecule has 8 heteroatoms. The summed E-state index contributed by atoms with van der Waals surface area (Å²) in [7, 11) is 0. The van der Waals surface area contributed by atoms with E-state index in [9.17, 15) is 4.39 Å². The third-order valence-corrected chi connectivity index (χ3v) is 5.66. The van der Waals surface area contributed by atoms with Crippen LogP contribution in [-0.4, -0.2) is 40.9 Å². The second kappa shape index (κ2) is 7.13. The van der Waals surface area contributed by atoms with E-state index in [1.165, 1.54) is 10.9 Å². The standard InChI is InChI=1S/C17H17BrFN5S/c18-13-9-21-24(11-13)12-14-10-20-17(25-14)23-7-5-22(6-8-23)16-4-2-1-3-15(16)19/h1-4,9-11H,5-8,12H2. The summed E-state index contributed by atoms with van der Waals surface area (Å²) in [5.74, 6) is -0.155. The first-order valence-corrected chi connectivity index (χ1v) is 9.67. The average molecular weight is 422 g/mol. The average Bonchev–Trinajstić information content (AvgIpc) is 3.25. The number of thiazole rings is 1. The van der Waals surface area contributed by atoms with Crippen LogP contribution in [0.2, 0.25) is 0 Å². The molecular weight excluding hydrogens is 405 g/mol. The van der Waals surface area contributed by atoms with E-state index in [1.54, 1.807) is 23.6 Å². The van der Waals surface area contributed by atoms with Gasteiger partial charge in [0.25, 0.3) is 0 Å². The largest absolute Gasteiger partial charge is 0.366 e. The fourth-order valence-electron chi connectivity index (χ4n) is 2.95. The zero-order valence-electron chi connectivity index (χ0n) is 13.5. The number of piperazine rings is 1. The Morgan fingerprint density at radius 3 is 2.56 bits per heavy atom. The second-order valence-electron chi connectivity index (χ2n) is 5.89. The highest BCUT2D eigenvalue weighted by Crippen LogP contribution is 2.26. The predicted octanol–water partition coefficient (Wildman–Crippen LogP) is 3.62. The predicted molar refractivity (Wildman–Crippen MR) is 102 cm³/mol. The van der Waals surface area contributed by atoms with Gasteiger partial charge in [-0.2, -0.15) is 5.10 Å². The fraction of sp³-hybridized carbons (Fsp3) is 0.294. The molecule has 25 heavy (non-hydrogen) atoms. The van der Waals surface area contributed by atoms with Gasteiger partial charge in [0.05, 0.1) is 22.9 Å². The van der Waals surface area contributed by atoms with Crippen LogP contribution in [0.1, 0.15) is 4.88 Å². The number of para-hydroxylation sites is 1. The molecule has 3 aromatic rings. The van der Waals surface area contributed by atoms with Crippen LogP contribution in [0.15, 0.2) is 47.3 Å². The molecule has 1 aliphatic rings. The number of benzene rings is 1. The van der Waals surface area contributed by atoms with Crippen LogP contribution in [0.3, 0.4) is 0 Å². The van der Waals surface area contributed by atoms with E-state index in [-0.39, 0.29) is 5.82 Å². The van der Waals surface area contributed by atoms with Crippen LogP contribution < -0.4 is 9.80 Å². The van der Waals surface area contributed by atoms with Crippen molar-refractivity contribution < 1.29 is 4.39 Å². The molecule has 2 aromatic heterocycles. The molecule has 0 bridgehead atoms. The molecule has 3 heterocycles. The third kappa shape index (κ3) is 3.69. The van der Waals surface area contributed by atoms with Crippen molar-refractivity contribution in [1.82, 2.24) is 14.8 Å². The van der Waals surface area contributed by atoms with Crippen LogP contribution in [0.4, 0.5) is 15.2 Å². The van der Waals surface area contributed by atoms with Crippen LogP contribution >= 0.6 is 27.3 Å². The van der Waals surface area contributed by atoms with Crippen LogP contribution in [0.5, 0.6) is 0 Å². The first-order valence-electron chi connectivity index (χ1n) is 8.06. The maximum atomic E-state index is 13.9. The Kier molecular flexibility index (Phi) is 4.72. The molecule has 0 saturated carbocycles. The summed E-state index contributed by atoms with van der Waals surface area (Å²) in [5.41, 5.74) is 0.686. The first-order chi connectivity index (χ1) is 12.2. The number of aromatic nitrogens is 3. The summed E-state index contributed by atoms with van der Waals surface area (Å²) < 4.78 is 16.8. The van der Waals surface area contributed by atoms with Crippen LogP contribution in [0, 0.1) is 5.82 Å². The lowest BCUT2D eigenvalue weighted by molar-refractivity contribution is 0.597. The van der Waals surface area contributed by atoms with Gasteiger partial charge in [0.15, 0.2) is 5.13 Å². The van der Waals surface area contributed by atoms with Crippen LogP contribution in [-0.2, 0) is 6.54 Å². The molecular formula is C17H17BrFN5S. The molecule has 0 amide bonds. The van der Waals surface area contributed by atoms with E-state index in [2.05, 4.69) is 35.8 Å². The lowest BCUT2D eigenvalue weighted by Gasteiger charge is -2.36. The Morgan fingerprint density at radius 1 is 1.08 bits per heavy atom. The van der Waals surface area contributed by atoms with Crippen molar-refractivity contribution in [2.24, 2.45) is 0 Å². The molecule has 1 fully saturated rings. The molecule has 130 valence electrons. The van der Waals surface area contributed by atoms with Crippen molar-refractivity contribution in [3.8, 4) is 0 Å². The van der Waals surface area contributed by atoms with E-state index >= 15 is 0 Å². The van der Waals surface area contributed by atoms with Crippen molar-refractivity contribution in [2.75, 3.05) is 36.0 Å². The normalized spacial score (nSPS) is 15.0. The smallest absolute Gasteiger partial charge is 0.185 e. The zero-order valence-corrected chi connectivity index (χ0v) is 15.9. The number of rotatable bonds is 4. The molecule has 1 aliphatic heterocycles. The van der Waals surface area contributed by atoms with Gasteiger partial charge in [0, 0.05) is 43.4 Å². The molecule has 0 radical (unpaired) electrons. The highest BCUT2D eigenvalue weighted by atomic mass is 79.9. The molecule has 1 aromatic carbocycles. The second-order valence-corrected chi connectivity index (χ2v) is 7.90. The molecule has 0 spiro atoms. The maximum absolute atomic E-state index is 13.9. The lowest BCUT2D eigenvalue weighted by Crippen LogP contribution is -2.46. The van der Waals surface area contributed by atoms with E-state index in [0.717, 1.165) is 42.3 Å². The number of anilines is 2. The van der Waals surface area contributed by atoms with Gasteiger partial charge in [-0.15, -0.1) is 0 Å². The summed E-state index contributed by atoms with van der Waals surface area (Å²) >= 11 is 5.10. The molecule has 4 rings (SSSR count). The third-order valence-electron chi connectivity index (χ3n) is 4.20. The lowest BCUT2D eigenvalue weighted by atomic mass is 10.2. The topological polar surface area (TPSA) is 37.2 Å². The van der Waals surface area contributed by atoms with Crippen molar-refractivity contribution >= 4 is 38.1 Å². The van der Waals surface area contributed by atoms with Gasteiger partial charge in [-0.1, -0.05) is 23.5 Å². The van der Waals surface area contributed by atoms with Crippen LogP contribution in [0.25, 0.3) is 0 Å². The minimum absolute atomic E-state index is 0.155. The first kappa shape index (κ1) is 16.5.